The number of fused-ring (bicyclic) bond motifs is 2. The van der Waals surface area contributed by atoms with Crippen LogP contribution in [0.3, 0.4) is 0 Å². The predicted octanol–water partition coefficient (Wildman–Crippen LogP) is 1.33. The summed E-state index contributed by atoms with van der Waals surface area (Å²) in [4.78, 5) is 24.1. The summed E-state index contributed by atoms with van der Waals surface area (Å²) in [6.45, 7) is 7.27. The normalized spacial score (nSPS) is 20.9. The first kappa shape index (κ1) is 18.5. The molecule has 0 aliphatic carbocycles. The summed E-state index contributed by atoms with van der Waals surface area (Å²) in [5.41, 5.74) is 2.96. The number of para-hydroxylation sites is 2. The number of hydrogen-bond acceptors (Lipinski definition) is 3. The molecule has 3 heterocycles. The second-order valence-corrected chi connectivity index (χ2v) is 9.11. The highest BCUT2D eigenvalue weighted by Gasteiger charge is 2.32. The largest absolute Gasteiger partial charge is 0.360 e. The van der Waals surface area contributed by atoms with E-state index in [9.17, 15) is 4.79 Å². The van der Waals surface area contributed by atoms with Crippen LogP contribution >= 0.6 is 11.3 Å². The lowest BCUT2D eigenvalue weighted by atomic mass is 10.0. The standard InChI is InChI=1S/C23H24N4OS/c1-16(23(28)18-14-24-19-7-3-2-6-17(18)19)27-12-10-26(11-13-27)15-22-25-20-8-4-5-9-21(20)29-22/h2-9,14,16,24H,10-13,15H2,1H3/p+2/t16-/m0/s1. The molecule has 0 unspecified atom stereocenters. The second kappa shape index (κ2) is 7.71. The molecule has 3 N–H and O–H groups in total. The minimum atomic E-state index is -0.0155. The number of nitrogens with zero attached hydrogens (tertiary/aromatic N) is 1. The van der Waals surface area contributed by atoms with Crippen LogP contribution in [-0.2, 0) is 6.54 Å². The minimum Gasteiger partial charge on any atom is -0.360 e. The van der Waals surface area contributed by atoms with Crippen molar-refractivity contribution in [3.8, 4) is 0 Å². The van der Waals surface area contributed by atoms with Crippen LogP contribution in [0.5, 0.6) is 0 Å². The minimum absolute atomic E-state index is 0.0155. The highest BCUT2D eigenvalue weighted by molar-refractivity contribution is 7.18. The second-order valence-electron chi connectivity index (χ2n) is 7.99. The summed E-state index contributed by atoms with van der Waals surface area (Å²) in [7, 11) is 0. The fraction of sp³-hybridized carbons (Fsp3) is 0.304. The van der Waals surface area contributed by atoms with Gasteiger partial charge < -0.3 is 14.8 Å². The van der Waals surface area contributed by atoms with E-state index in [1.165, 1.54) is 14.6 Å². The van der Waals surface area contributed by atoms with Gasteiger partial charge in [0.2, 0.25) is 5.78 Å². The smallest absolute Gasteiger partial charge is 0.221 e. The molecule has 2 aromatic heterocycles. The number of aromatic amines is 1. The van der Waals surface area contributed by atoms with Gasteiger partial charge in [0, 0.05) is 22.7 Å². The first-order valence-electron chi connectivity index (χ1n) is 10.3. The van der Waals surface area contributed by atoms with Crippen molar-refractivity contribution in [1.29, 1.82) is 0 Å². The number of thiazole rings is 1. The molecule has 0 radical (unpaired) electrons. The van der Waals surface area contributed by atoms with Gasteiger partial charge in [-0.1, -0.05) is 30.3 Å². The van der Waals surface area contributed by atoms with E-state index in [4.69, 9.17) is 4.98 Å². The topological polar surface area (TPSA) is 54.6 Å². The van der Waals surface area contributed by atoms with Crippen molar-refractivity contribution < 1.29 is 14.6 Å². The van der Waals surface area contributed by atoms with E-state index in [0.29, 0.717) is 0 Å². The molecular weight excluding hydrogens is 380 g/mol. The zero-order valence-electron chi connectivity index (χ0n) is 16.6. The lowest BCUT2D eigenvalue weighted by Crippen LogP contribution is -3.29. The third-order valence-electron chi connectivity index (χ3n) is 6.20. The van der Waals surface area contributed by atoms with Crippen LogP contribution in [0.4, 0.5) is 0 Å². The molecular formula is C23H26N4OS+2. The number of benzene rings is 2. The molecule has 2 aromatic carbocycles. The summed E-state index contributed by atoms with van der Waals surface area (Å²) in [6.07, 6.45) is 1.87. The maximum absolute atomic E-state index is 13.1. The lowest BCUT2D eigenvalue weighted by Gasteiger charge is -2.32. The number of quaternary nitrogens is 2. The Morgan fingerprint density at radius 1 is 1.10 bits per heavy atom. The number of H-pyrrole nitrogens is 1. The quantitative estimate of drug-likeness (QED) is 0.438. The maximum atomic E-state index is 13.1. The van der Waals surface area contributed by atoms with E-state index >= 15 is 0 Å². The van der Waals surface area contributed by atoms with Crippen LogP contribution in [-0.4, -0.2) is 48.0 Å². The fourth-order valence-corrected chi connectivity index (χ4v) is 5.48. The summed E-state index contributed by atoms with van der Waals surface area (Å²) in [5.74, 6) is 0.243. The monoisotopic (exact) mass is 406 g/mol. The van der Waals surface area contributed by atoms with Crippen molar-refractivity contribution in [2.75, 3.05) is 26.2 Å². The van der Waals surface area contributed by atoms with Gasteiger partial charge in [0.1, 0.15) is 43.8 Å². The number of nitrogens with one attached hydrogen (secondary N) is 3. The average Bonchev–Trinajstić information content (AvgIpc) is 3.37. The van der Waals surface area contributed by atoms with Crippen LogP contribution in [0.15, 0.2) is 54.7 Å². The van der Waals surface area contributed by atoms with Crippen molar-refractivity contribution >= 4 is 38.2 Å². The van der Waals surface area contributed by atoms with Gasteiger partial charge in [0.15, 0.2) is 0 Å². The van der Waals surface area contributed by atoms with Crippen LogP contribution in [0.25, 0.3) is 21.1 Å². The van der Waals surface area contributed by atoms with Crippen molar-refractivity contribution in [2.24, 2.45) is 0 Å². The molecule has 148 valence electrons. The molecule has 0 amide bonds. The van der Waals surface area contributed by atoms with Crippen molar-refractivity contribution in [2.45, 2.75) is 19.5 Å². The molecule has 0 bridgehead atoms. The molecule has 1 saturated heterocycles. The zero-order chi connectivity index (χ0) is 19.8. The van der Waals surface area contributed by atoms with Crippen molar-refractivity contribution in [3.63, 3.8) is 0 Å². The number of aromatic nitrogens is 2. The van der Waals surface area contributed by atoms with Crippen LogP contribution < -0.4 is 9.80 Å². The van der Waals surface area contributed by atoms with E-state index in [1.54, 1.807) is 16.2 Å². The van der Waals surface area contributed by atoms with Gasteiger partial charge >= 0.3 is 0 Å². The van der Waals surface area contributed by atoms with Crippen molar-refractivity contribution in [3.05, 3.63) is 65.3 Å². The van der Waals surface area contributed by atoms with E-state index in [0.717, 1.165) is 54.7 Å². The lowest BCUT2D eigenvalue weighted by molar-refractivity contribution is -1.02. The molecule has 4 aromatic rings. The first-order chi connectivity index (χ1) is 14.2. The van der Waals surface area contributed by atoms with Crippen molar-refractivity contribution in [1.82, 2.24) is 9.97 Å². The van der Waals surface area contributed by atoms with Crippen LogP contribution in [0.2, 0.25) is 0 Å². The van der Waals surface area contributed by atoms with E-state index < -0.39 is 0 Å². The van der Waals surface area contributed by atoms with Gasteiger partial charge in [-0.05, 0) is 25.1 Å². The van der Waals surface area contributed by atoms with Gasteiger partial charge in [-0.2, -0.15) is 0 Å². The summed E-state index contributed by atoms with van der Waals surface area (Å²) < 4.78 is 1.27. The Kier molecular flexibility index (Phi) is 4.91. The molecule has 6 heteroatoms. The zero-order valence-corrected chi connectivity index (χ0v) is 17.4. The van der Waals surface area contributed by atoms with Gasteiger partial charge in [0.05, 0.1) is 10.2 Å². The predicted molar refractivity (Wildman–Crippen MR) is 117 cm³/mol. The summed E-state index contributed by atoms with van der Waals surface area (Å²) in [6, 6.07) is 16.4. The number of Topliss-reactive ketones (excluding diaryl/α,β-unsaturated/α-hetero) is 1. The third kappa shape index (κ3) is 3.59. The van der Waals surface area contributed by atoms with Crippen LogP contribution in [0.1, 0.15) is 22.3 Å². The SMILES string of the molecule is C[C@@H](C(=O)c1c[nH]c2ccccc12)[NH+]1CC[NH+](Cc2nc3ccccc3s2)CC1. The molecule has 1 fully saturated rings. The Labute approximate surface area is 174 Å². The molecule has 1 aliphatic heterocycles. The molecule has 5 rings (SSSR count). The Morgan fingerprint density at radius 2 is 1.86 bits per heavy atom. The average molecular weight is 407 g/mol. The fourth-order valence-electron chi connectivity index (χ4n) is 4.44. The van der Waals surface area contributed by atoms with E-state index in [-0.39, 0.29) is 11.8 Å². The molecule has 5 nitrogen and oxygen atoms in total. The number of carbonyl (C=O) groups is 1. The molecule has 0 spiro atoms. The van der Waals surface area contributed by atoms with Gasteiger partial charge in [0.25, 0.3) is 0 Å². The highest BCUT2D eigenvalue weighted by Crippen LogP contribution is 2.21. The van der Waals surface area contributed by atoms with Crippen LogP contribution in [0, 0.1) is 0 Å². The Bertz CT molecular complexity index is 1120. The number of rotatable bonds is 5. The maximum Gasteiger partial charge on any atom is 0.221 e. The van der Waals surface area contributed by atoms with Gasteiger partial charge in [-0.15, -0.1) is 11.3 Å². The molecule has 0 saturated carbocycles. The Balaban J connectivity index is 1.22. The molecule has 1 aliphatic rings. The molecule has 29 heavy (non-hydrogen) atoms. The number of ketones is 1. The summed E-state index contributed by atoms with van der Waals surface area (Å²) >= 11 is 1.81. The molecule has 1 atom stereocenters. The van der Waals surface area contributed by atoms with E-state index in [2.05, 4.69) is 30.1 Å². The first-order valence-corrected chi connectivity index (χ1v) is 11.1. The van der Waals surface area contributed by atoms with E-state index in [1.807, 2.05) is 36.5 Å². The number of piperazine rings is 1. The third-order valence-corrected chi connectivity index (χ3v) is 7.24. The summed E-state index contributed by atoms with van der Waals surface area (Å²) in [5, 5.41) is 2.25. The Morgan fingerprint density at radius 3 is 2.69 bits per heavy atom. The Hall–Kier alpha value is -2.54. The van der Waals surface area contributed by atoms with Gasteiger partial charge in [-0.3, -0.25) is 4.79 Å². The van der Waals surface area contributed by atoms with Gasteiger partial charge in [-0.25, -0.2) is 4.98 Å². The number of carbonyl (C=O) groups excluding carboxylic acids is 1. The highest BCUT2D eigenvalue weighted by atomic mass is 32.1. The number of hydrogen-bond donors (Lipinski definition) is 3.